The first-order chi connectivity index (χ1) is 13.0. The minimum absolute atomic E-state index is 0.214. The van der Waals surface area contributed by atoms with Crippen LogP contribution in [0.5, 0.6) is 0 Å². The predicted octanol–water partition coefficient (Wildman–Crippen LogP) is 3.98. The van der Waals surface area contributed by atoms with Gasteiger partial charge in [0.25, 0.3) is 0 Å². The van der Waals surface area contributed by atoms with Gasteiger partial charge in [-0.25, -0.2) is 13.1 Å². The number of sulfonamides is 1. The van der Waals surface area contributed by atoms with Gasteiger partial charge in [0.15, 0.2) is 0 Å². The third-order valence-electron chi connectivity index (χ3n) is 4.58. The Balaban J connectivity index is 2.01. The van der Waals surface area contributed by atoms with Gasteiger partial charge in [0.2, 0.25) is 10.0 Å². The number of hydrogen-bond acceptors (Lipinski definition) is 3. The topological polar surface area (TPSA) is 58.2 Å². The summed E-state index contributed by atoms with van der Waals surface area (Å²) in [7, 11) is -1.84. The maximum absolute atomic E-state index is 13.0. The van der Waals surface area contributed by atoms with Gasteiger partial charge in [-0.15, -0.1) is 0 Å². The molecule has 3 aromatic carbocycles. The van der Waals surface area contributed by atoms with Gasteiger partial charge in [0.1, 0.15) is 0 Å². The summed E-state index contributed by atoms with van der Waals surface area (Å²) in [4.78, 5) is 0.261. The molecule has 0 aromatic heterocycles. The lowest BCUT2D eigenvalue weighted by molar-refractivity contribution is 0.451. The third-order valence-corrected chi connectivity index (χ3v) is 6.03. The Morgan fingerprint density at radius 3 is 1.67 bits per heavy atom. The normalized spacial score (nSPS) is 13.9. The van der Waals surface area contributed by atoms with Crippen LogP contribution >= 0.6 is 0 Å². The summed E-state index contributed by atoms with van der Waals surface area (Å²) in [6.45, 7) is 1.93. The Hall–Kier alpha value is -2.47. The van der Waals surface area contributed by atoms with Crippen molar-refractivity contribution in [1.82, 2.24) is 10.0 Å². The van der Waals surface area contributed by atoms with Crippen molar-refractivity contribution >= 4 is 10.0 Å². The highest BCUT2D eigenvalue weighted by Crippen LogP contribution is 2.30. The van der Waals surface area contributed by atoms with E-state index in [2.05, 4.69) is 10.0 Å². The van der Waals surface area contributed by atoms with Crippen molar-refractivity contribution in [2.75, 3.05) is 7.05 Å². The van der Waals surface area contributed by atoms with Crippen molar-refractivity contribution in [1.29, 1.82) is 0 Å². The molecule has 0 bridgehead atoms. The Bertz CT molecular complexity index is 956. The molecule has 0 aliphatic carbocycles. The van der Waals surface area contributed by atoms with Crippen molar-refractivity contribution < 1.29 is 8.42 Å². The largest absolute Gasteiger partial charge is 0.311 e. The van der Waals surface area contributed by atoms with Crippen LogP contribution in [0, 0.1) is 6.92 Å². The van der Waals surface area contributed by atoms with Crippen LogP contribution in [0.3, 0.4) is 0 Å². The maximum Gasteiger partial charge on any atom is 0.241 e. The summed E-state index contributed by atoms with van der Waals surface area (Å²) in [6, 6.07) is 25.7. The highest BCUT2D eigenvalue weighted by molar-refractivity contribution is 7.89. The summed E-state index contributed by atoms with van der Waals surface area (Å²) < 4.78 is 29.0. The van der Waals surface area contributed by atoms with Crippen LogP contribution in [0.15, 0.2) is 89.8 Å². The van der Waals surface area contributed by atoms with Crippen molar-refractivity contribution in [3.05, 3.63) is 102 Å². The molecule has 0 aliphatic rings. The lowest BCUT2D eigenvalue weighted by Crippen LogP contribution is -2.37. The molecule has 0 saturated heterocycles. The van der Waals surface area contributed by atoms with Crippen LogP contribution in [0.1, 0.15) is 28.8 Å². The van der Waals surface area contributed by atoms with Gasteiger partial charge >= 0.3 is 0 Å². The van der Waals surface area contributed by atoms with Gasteiger partial charge in [0, 0.05) is 0 Å². The van der Waals surface area contributed by atoms with Gasteiger partial charge in [-0.1, -0.05) is 78.4 Å². The second-order valence-corrected chi connectivity index (χ2v) is 8.21. The highest BCUT2D eigenvalue weighted by Gasteiger charge is 2.28. The average Bonchev–Trinajstić information content (AvgIpc) is 2.69. The monoisotopic (exact) mass is 380 g/mol. The van der Waals surface area contributed by atoms with E-state index < -0.39 is 16.1 Å². The molecule has 4 nitrogen and oxygen atoms in total. The Labute approximate surface area is 161 Å². The fraction of sp³-hybridized carbons (Fsp3) is 0.182. The summed E-state index contributed by atoms with van der Waals surface area (Å²) in [5.41, 5.74) is 2.93. The first kappa shape index (κ1) is 19.3. The molecule has 2 N–H and O–H groups in total. The minimum Gasteiger partial charge on any atom is -0.311 e. The molecule has 0 heterocycles. The molecule has 0 spiro atoms. The van der Waals surface area contributed by atoms with E-state index in [1.54, 1.807) is 24.3 Å². The van der Waals surface area contributed by atoms with E-state index in [9.17, 15) is 8.42 Å². The molecule has 140 valence electrons. The second kappa shape index (κ2) is 8.48. The molecule has 3 aromatic rings. The van der Waals surface area contributed by atoms with Gasteiger partial charge in [0.05, 0.1) is 17.0 Å². The zero-order valence-corrected chi connectivity index (χ0v) is 16.3. The Morgan fingerprint density at radius 2 is 1.19 bits per heavy atom. The first-order valence-corrected chi connectivity index (χ1v) is 10.4. The Kier molecular flexibility index (Phi) is 6.06. The van der Waals surface area contributed by atoms with Crippen molar-refractivity contribution in [3.63, 3.8) is 0 Å². The molecule has 5 heteroatoms. The second-order valence-electron chi connectivity index (χ2n) is 6.50. The Morgan fingerprint density at radius 1 is 0.704 bits per heavy atom. The van der Waals surface area contributed by atoms with Gasteiger partial charge < -0.3 is 5.32 Å². The predicted molar refractivity (Wildman–Crippen MR) is 109 cm³/mol. The fourth-order valence-electron chi connectivity index (χ4n) is 3.13. The van der Waals surface area contributed by atoms with E-state index in [0.717, 1.165) is 16.7 Å². The van der Waals surface area contributed by atoms with Crippen molar-refractivity contribution in [2.24, 2.45) is 0 Å². The van der Waals surface area contributed by atoms with Crippen LogP contribution in [-0.2, 0) is 10.0 Å². The molecule has 0 amide bonds. The van der Waals surface area contributed by atoms with E-state index >= 15 is 0 Å². The number of nitrogens with one attached hydrogen (secondary N) is 2. The molecule has 0 aliphatic heterocycles. The van der Waals surface area contributed by atoms with Crippen LogP contribution in [0.2, 0.25) is 0 Å². The molecule has 27 heavy (non-hydrogen) atoms. The van der Waals surface area contributed by atoms with E-state index in [1.807, 2.05) is 74.6 Å². The number of aryl methyl sites for hydroxylation is 1. The fourth-order valence-corrected chi connectivity index (χ4v) is 4.36. The van der Waals surface area contributed by atoms with Gasteiger partial charge in [-0.3, -0.25) is 0 Å². The molecule has 3 rings (SSSR count). The molecular formula is C22H24N2O2S. The maximum atomic E-state index is 13.0. The highest BCUT2D eigenvalue weighted by atomic mass is 32.2. The zero-order chi connectivity index (χ0) is 19.3. The summed E-state index contributed by atoms with van der Waals surface area (Å²) >= 11 is 0. The van der Waals surface area contributed by atoms with E-state index in [4.69, 9.17) is 0 Å². The van der Waals surface area contributed by atoms with E-state index in [0.29, 0.717) is 0 Å². The number of hydrogen-bond donors (Lipinski definition) is 2. The molecular weight excluding hydrogens is 356 g/mol. The SMILES string of the molecule is CNC(c1ccccc1)C(NS(=O)(=O)c1ccc(C)cc1)c1ccccc1. The molecule has 2 atom stereocenters. The summed E-state index contributed by atoms with van der Waals surface area (Å²) in [5, 5.41) is 3.27. The van der Waals surface area contributed by atoms with Crippen molar-refractivity contribution in [2.45, 2.75) is 23.9 Å². The zero-order valence-electron chi connectivity index (χ0n) is 15.5. The van der Waals surface area contributed by atoms with Gasteiger partial charge in [-0.05, 0) is 37.2 Å². The quantitative estimate of drug-likeness (QED) is 0.652. The number of benzene rings is 3. The molecule has 0 radical (unpaired) electrons. The molecule has 0 fully saturated rings. The molecule has 0 saturated carbocycles. The first-order valence-electron chi connectivity index (χ1n) is 8.87. The average molecular weight is 381 g/mol. The van der Waals surface area contributed by atoms with Crippen LogP contribution in [-0.4, -0.2) is 15.5 Å². The third kappa shape index (κ3) is 4.63. The van der Waals surface area contributed by atoms with Crippen LogP contribution in [0.4, 0.5) is 0 Å². The standard InChI is InChI=1S/C22H24N2O2S/c1-17-13-15-20(16-14-17)27(25,26)24-22(19-11-7-4-8-12-19)21(23-2)18-9-5-3-6-10-18/h3-16,21-24H,1-2H3. The smallest absolute Gasteiger partial charge is 0.241 e. The molecule has 2 unspecified atom stereocenters. The lowest BCUT2D eigenvalue weighted by Gasteiger charge is -2.28. The summed E-state index contributed by atoms with van der Waals surface area (Å²) in [5.74, 6) is 0. The van der Waals surface area contributed by atoms with Crippen LogP contribution in [0.25, 0.3) is 0 Å². The minimum atomic E-state index is -3.68. The summed E-state index contributed by atoms with van der Waals surface area (Å²) in [6.07, 6.45) is 0. The van der Waals surface area contributed by atoms with Gasteiger partial charge in [-0.2, -0.15) is 0 Å². The van der Waals surface area contributed by atoms with Crippen LogP contribution < -0.4 is 10.0 Å². The van der Waals surface area contributed by atoms with E-state index in [1.165, 1.54) is 0 Å². The number of rotatable bonds is 7. The lowest BCUT2D eigenvalue weighted by atomic mass is 9.94. The number of likely N-dealkylation sites (N-methyl/N-ethyl adjacent to an activating group) is 1. The van der Waals surface area contributed by atoms with Crippen molar-refractivity contribution in [3.8, 4) is 0 Å². The van der Waals surface area contributed by atoms with E-state index in [-0.39, 0.29) is 10.9 Å².